The SMILES string of the molecule is CC[C@@H](Oc1ccccc1)C(=O)Nc1cc(C)c(Cl)cc1OC. The molecule has 2 aromatic carbocycles. The van der Waals surface area contributed by atoms with Gasteiger partial charge in [0.2, 0.25) is 0 Å². The van der Waals surface area contributed by atoms with Crippen molar-refractivity contribution in [2.75, 3.05) is 12.4 Å². The lowest BCUT2D eigenvalue weighted by Crippen LogP contribution is -2.32. The predicted octanol–water partition coefficient (Wildman–Crippen LogP) is 4.45. The molecule has 0 bridgehead atoms. The Morgan fingerprint density at radius 1 is 1.26 bits per heavy atom. The van der Waals surface area contributed by atoms with Gasteiger partial charge in [-0.25, -0.2) is 0 Å². The van der Waals surface area contributed by atoms with Gasteiger partial charge >= 0.3 is 0 Å². The van der Waals surface area contributed by atoms with Crippen LogP contribution < -0.4 is 14.8 Å². The van der Waals surface area contributed by atoms with Gasteiger partial charge in [0.05, 0.1) is 12.8 Å². The molecule has 0 aromatic heterocycles. The van der Waals surface area contributed by atoms with Crippen LogP contribution in [-0.4, -0.2) is 19.1 Å². The molecule has 0 fully saturated rings. The van der Waals surface area contributed by atoms with Crippen molar-refractivity contribution in [1.29, 1.82) is 0 Å². The summed E-state index contributed by atoms with van der Waals surface area (Å²) in [4.78, 5) is 12.5. The number of amides is 1. The summed E-state index contributed by atoms with van der Waals surface area (Å²) in [7, 11) is 1.54. The van der Waals surface area contributed by atoms with Gasteiger partial charge in [0, 0.05) is 11.1 Å². The Balaban J connectivity index is 2.15. The summed E-state index contributed by atoms with van der Waals surface area (Å²) in [6, 6.07) is 12.7. The molecule has 1 N–H and O–H groups in total. The lowest BCUT2D eigenvalue weighted by atomic mass is 10.2. The van der Waals surface area contributed by atoms with E-state index in [9.17, 15) is 4.79 Å². The lowest BCUT2D eigenvalue weighted by Gasteiger charge is -2.18. The first-order valence-electron chi connectivity index (χ1n) is 7.41. The molecule has 0 radical (unpaired) electrons. The predicted molar refractivity (Wildman–Crippen MR) is 92.5 cm³/mol. The van der Waals surface area contributed by atoms with Crippen LogP contribution in [0.25, 0.3) is 0 Å². The van der Waals surface area contributed by atoms with E-state index in [0.717, 1.165) is 5.56 Å². The lowest BCUT2D eigenvalue weighted by molar-refractivity contribution is -0.122. The summed E-state index contributed by atoms with van der Waals surface area (Å²) < 4.78 is 11.0. The molecule has 0 aliphatic rings. The number of aryl methyl sites for hydroxylation is 1. The highest BCUT2D eigenvalue weighted by atomic mass is 35.5. The second-order valence-corrected chi connectivity index (χ2v) is 5.53. The number of anilines is 1. The van der Waals surface area contributed by atoms with Crippen LogP contribution in [0, 0.1) is 6.92 Å². The quantitative estimate of drug-likeness (QED) is 0.849. The normalized spacial score (nSPS) is 11.7. The van der Waals surface area contributed by atoms with Crippen molar-refractivity contribution in [1.82, 2.24) is 0 Å². The van der Waals surface area contributed by atoms with Crippen molar-refractivity contribution in [3.63, 3.8) is 0 Å². The maximum Gasteiger partial charge on any atom is 0.265 e. The number of carbonyl (C=O) groups is 1. The Kier molecular flexibility index (Phi) is 5.88. The van der Waals surface area contributed by atoms with Gasteiger partial charge < -0.3 is 14.8 Å². The molecule has 122 valence electrons. The summed E-state index contributed by atoms with van der Waals surface area (Å²) >= 11 is 6.08. The Labute approximate surface area is 141 Å². The zero-order valence-electron chi connectivity index (χ0n) is 13.4. The number of para-hydroxylation sites is 1. The summed E-state index contributed by atoms with van der Waals surface area (Å²) in [5, 5.41) is 3.44. The number of ether oxygens (including phenoxy) is 2. The minimum atomic E-state index is -0.585. The first-order valence-corrected chi connectivity index (χ1v) is 7.79. The zero-order chi connectivity index (χ0) is 16.8. The molecule has 5 heteroatoms. The topological polar surface area (TPSA) is 47.6 Å². The summed E-state index contributed by atoms with van der Waals surface area (Å²) in [5.41, 5.74) is 1.44. The highest BCUT2D eigenvalue weighted by Gasteiger charge is 2.20. The number of hydrogen-bond donors (Lipinski definition) is 1. The smallest absolute Gasteiger partial charge is 0.265 e. The first kappa shape index (κ1) is 17.2. The molecule has 0 unspecified atom stereocenters. The van der Waals surface area contributed by atoms with Crippen LogP contribution in [0.1, 0.15) is 18.9 Å². The molecule has 0 aliphatic carbocycles. The van der Waals surface area contributed by atoms with E-state index in [1.54, 1.807) is 12.1 Å². The summed E-state index contributed by atoms with van der Waals surface area (Å²) in [6.07, 6.45) is -0.0339. The van der Waals surface area contributed by atoms with Crippen molar-refractivity contribution >= 4 is 23.2 Å². The van der Waals surface area contributed by atoms with Crippen LogP contribution in [0.15, 0.2) is 42.5 Å². The number of benzene rings is 2. The monoisotopic (exact) mass is 333 g/mol. The molecular weight excluding hydrogens is 314 g/mol. The van der Waals surface area contributed by atoms with Crippen molar-refractivity contribution in [2.45, 2.75) is 26.4 Å². The van der Waals surface area contributed by atoms with Gasteiger partial charge in [0.25, 0.3) is 5.91 Å². The number of hydrogen-bond acceptors (Lipinski definition) is 3. The zero-order valence-corrected chi connectivity index (χ0v) is 14.2. The van der Waals surface area contributed by atoms with Gasteiger partial charge in [-0.3, -0.25) is 4.79 Å². The molecule has 0 heterocycles. The van der Waals surface area contributed by atoms with E-state index in [4.69, 9.17) is 21.1 Å². The third-order valence-electron chi connectivity index (χ3n) is 3.42. The van der Waals surface area contributed by atoms with Crippen LogP contribution in [0.4, 0.5) is 5.69 Å². The van der Waals surface area contributed by atoms with E-state index in [-0.39, 0.29) is 5.91 Å². The number of methoxy groups -OCH3 is 1. The fourth-order valence-corrected chi connectivity index (χ4v) is 2.28. The Morgan fingerprint density at radius 2 is 1.96 bits per heavy atom. The van der Waals surface area contributed by atoms with E-state index < -0.39 is 6.10 Å². The minimum absolute atomic E-state index is 0.226. The minimum Gasteiger partial charge on any atom is -0.495 e. The van der Waals surface area contributed by atoms with Gasteiger partial charge in [-0.2, -0.15) is 0 Å². The van der Waals surface area contributed by atoms with Gasteiger partial charge in [0.1, 0.15) is 11.5 Å². The Bertz CT molecular complexity index is 673. The number of halogens is 1. The highest BCUT2D eigenvalue weighted by molar-refractivity contribution is 6.31. The van der Waals surface area contributed by atoms with Crippen molar-refractivity contribution in [3.05, 3.63) is 53.1 Å². The molecule has 0 saturated carbocycles. The second-order valence-electron chi connectivity index (χ2n) is 5.12. The van der Waals surface area contributed by atoms with Crippen LogP contribution >= 0.6 is 11.6 Å². The first-order chi connectivity index (χ1) is 11.0. The highest BCUT2D eigenvalue weighted by Crippen LogP contribution is 2.31. The van der Waals surface area contributed by atoms with Gasteiger partial charge in [-0.15, -0.1) is 0 Å². The molecule has 1 amide bonds. The molecular formula is C18H20ClNO3. The fraction of sp³-hybridized carbons (Fsp3) is 0.278. The van der Waals surface area contributed by atoms with Crippen molar-refractivity contribution < 1.29 is 14.3 Å². The van der Waals surface area contributed by atoms with Gasteiger partial charge in [-0.05, 0) is 37.1 Å². The molecule has 0 spiro atoms. The largest absolute Gasteiger partial charge is 0.495 e. The van der Waals surface area contributed by atoms with Crippen molar-refractivity contribution in [2.24, 2.45) is 0 Å². The number of carbonyl (C=O) groups excluding carboxylic acids is 1. The third-order valence-corrected chi connectivity index (χ3v) is 3.83. The second kappa shape index (κ2) is 7.88. The van der Waals surface area contributed by atoms with Crippen LogP contribution in [0.5, 0.6) is 11.5 Å². The Morgan fingerprint density at radius 3 is 2.57 bits per heavy atom. The van der Waals surface area contributed by atoms with E-state index in [1.165, 1.54) is 7.11 Å². The molecule has 0 aliphatic heterocycles. The van der Waals surface area contributed by atoms with E-state index in [2.05, 4.69) is 5.32 Å². The van der Waals surface area contributed by atoms with Crippen LogP contribution in [0.2, 0.25) is 5.02 Å². The molecule has 2 aromatic rings. The molecule has 0 saturated heterocycles. The van der Waals surface area contributed by atoms with Crippen LogP contribution in [-0.2, 0) is 4.79 Å². The number of rotatable bonds is 6. The molecule has 23 heavy (non-hydrogen) atoms. The maximum absolute atomic E-state index is 12.5. The average molecular weight is 334 g/mol. The maximum atomic E-state index is 12.5. The van der Waals surface area contributed by atoms with E-state index in [0.29, 0.717) is 28.6 Å². The summed E-state index contributed by atoms with van der Waals surface area (Å²) in [6.45, 7) is 3.77. The average Bonchev–Trinajstić information content (AvgIpc) is 2.56. The molecule has 2 rings (SSSR count). The Hall–Kier alpha value is -2.20. The molecule has 1 atom stereocenters. The third kappa shape index (κ3) is 4.39. The van der Waals surface area contributed by atoms with Crippen LogP contribution in [0.3, 0.4) is 0 Å². The van der Waals surface area contributed by atoms with E-state index >= 15 is 0 Å². The van der Waals surface area contributed by atoms with Gasteiger partial charge in [-0.1, -0.05) is 36.7 Å². The molecule has 4 nitrogen and oxygen atoms in total. The summed E-state index contributed by atoms with van der Waals surface area (Å²) in [5.74, 6) is 0.952. The van der Waals surface area contributed by atoms with Crippen molar-refractivity contribution in [3.8, 4) is 11.5 Å². The van der Waals surface area contributed by atoms with Gasteiger partial charge in [0.15, 0.2) is 6.10 Å². The number of nitrogens with one attached hydrogen (secondary N) is 1. The standard InChI is InChI=1S/C18H20ClNO3/c1-4-16(23-13-8-6-5-7-9-13)18(21)20-15-10-12(2)14(19)11-17(15)22-3/h5-11,16H,4H2,1-3H3,(H,20,21)/t16-/m1/s1. The van der Waals surface area contributed by atoms with E-state index in [1.807, 2.05) is 44.2 Å². The fourth-order valence-electron chi connectivity index (χ4n) is 2.13.